The molecule has 0 spiro atoms. The number of methoxy groups -OCH3 is 1. The van der Waals surface area contributed by atoms with Gasteiger partial charge in [0.2, 0.25) is 0 Å². The van der Waals surface area contributed by atoms with Gasteiger partial charge in [0.05, 0.1) is 12.7 Å². The molecule has 1 amide bonds. The van der Waals surface area contributed by atoms with Gasteiger partial charge < -0.3 is 15.2 Å². The molecular formula is C15H12BrNO5S. The SMILES string of the molecule is COC(=O)c1ccc(C(=O)NCc2ccsc2C(=O)O)cc1Br. The van der Waals surface area contributed by atoms with E-state index >= 15 is 0 Å². The molecule has 6 nitrogen and oxygen atoms in total. The number of benzene rings is 1. The average molecular weight is 398 g/mol. The van der Waals surface area contributed by atoms with Crippen LogP contribution >= 0.6 is 27.3 Å². The van der Waals surface area contributed by atoms with Gasteiger partial charge in [0.15, 0.2) is 0 Å². The number of carboxylic acids is 1. The highest BCUT2D eigenvalue weighted by Gasteiger charge is 2.15. The third-order valence-electron chi connectivity index (χ3n) is 3.02. The number of aromatic carboxylic acids is 1. The maximum absolute atomic E-state index is 12.1. The van der Waals surface area contributed by atoms with Gasteiger partial charge in [0.25, 0.3) is 5.91 Å². The van der Waals surface area contributed by atoms with E-state index in [4.69, 9.17) is 5.11 Å². The molecule has 0 aliphatic heterocycles. The van der Waals surface area contributed by atoms with E-state index in [2.05, 4.69) is 26.0 Å². The molecule has 0 aliphatic carbocycles. The van der Waals surface area contributed by atoms with Gasteiger partial charge in [-0.2, -0.15) is 0 Å². The fourth-order valence-electron chi connectivity index (χ4n) is 1.87. The van der Waals surface area contributed by atoms with Crippen LogP contribution in [0.3, 0.4) is 0 Å². The number of thiophene rings is 1. The van der Waals surface area contributed by atoms with E-state index < -0.39 is 11.9 Å². The van der Waals surface area contributed by atoms with Gasteiger partial charge in [-0.15, -0.1) is 11.3 Å². The van der Waals surface area contributed by atoms with E-state index in [1.807, 2.05) is 0 Å². The number of nitrogens with one attached hydrogen (secondary N) is 1. The number of carbonyl (C=O) groups is 3. The quantitative estimate of drug-likeness (QED) is 0.756. The lowest BCUT2D eigenvalue weighted by atomic mass is 10.1. The Balaban J connectivity index is 2.09. The highest BCUT2D eigenvalue weighted by Crippen LogP contribution is 2.20. The first-order valence-corrected chi connectivity index (χ1v) is 8.07. The van der Waals surface area contributed by atoms with E-state index in [0.29, 0.717) is 21.2 Å². The van der Waals surface area contributed by atoms with Gasteiger partial charge in [-0.05, 0) is 51.1 Å². The summed E-state index contributed by atoms with van der Waals surface area (Å²) in [5.41, 5.74) is 1.20. The van der Waals surface area contributed by atoms with E-state index in [9.17, 15) is 14.4 Å². The molecule has 2 N–H and O–H groups in total. The number of amides is 1. The van der Waals surface area contributed by atoms with Crippen molar-refractivity contribution in [2.45, 2.75) is 6.54 Å². The van der Waals surface area contributed by atoms with Crippen molar-refractivity contribution in [3.63, 3.8) is 0 Å². The van der Waals surface area contributed by atoms with E-state index in [1.165, 1.54) is 25.3 Å². The van der Waals surface area contributed by atoms with Crippen molar-refractivity contribution in [1.82, 2.24) is 5.32 Å². The Hall–Kier alpha value is -2.19. The maximum Gasteiger partial charge on any atom is 0.346 e. The second-order valence-electron chi connectivity index (χ2n) is 4.45. The van der Waals surface area contributed by atoms with E-state index in [0.717, 1.165) is 11.3 Å². The van der Waals surface area contributed by atoms with Crippen LogP contribution in [0.4, 0.5) is 0 Å². The number of ether oxygens (including phenoxy) is 1. The zero-order chi connectivity index (χ0) is 17.0. The van der Waals surface area contributed by atoms with Crippen LogP contribution in [0.1, 0.15) is 36.0 Å². The van der Waals surface area contributed by atoms with E-state index in [-0.39, 0.29) is 17.3 Å². The van der Waals surface area contributed by atoms with Gasteiger partial charge in [0, 0.05) is 16.6 Å². The minimum atomic E-state index is -1.02. The predicted molar refractivity (Wildman–Crippen MR) is 87.9 cm³/mol. The average Bonchev–Trinajstić information content (AvgIpc) is 3.00. The van der Waals surface area contributed by atoms with Gasteiger partial charge in [0.1, 0.15) is 4.88 Å². The third-order valence-corrected chi connectivity index (χ3v) is 4.62. The van der Waals surface area contributed by atoms with E-state index in [1.54, 1.807) is 11.4 Å². The molecule has 1 aromatic heterocycles. The number of esters is 1. The topological polar surface area (TPSA) is 92.7 Å². The molecule has 0 unspecified atom stereocenters. The van der Waals surface area contributed by atoms with Gasteiger partial charge in [-0.25, -0.2) is 9.59 Å². The van der Waals surface area contributed by atoms with Crippen LogP contribution in [-0.2, 0) is 11.3 Å². The predicted octanol–water partition coefficient (Wildman–Crippen LogP) is 2.93. The monoisotopic (exact) mass is 397 g/mol. The zero-order valence-corrected chi connectivity index (χ0v) is 14.4. The van der Waals surface area contributed by atoms with Gasteiger partial charge in [-0.1, -0.05) is 0 Å². The van der Waals surface area contributed by atoms with Crippen molar-refractivity contribution in [3.05, 3.63) is 55.7 Å². The molecule has 0 fully saturated rings. The van der Waals surface area contributed by atoms with Crippen molar-refractivity contribution in [3.8, 4) is 0 Å². The Kier molecular flexibility index (Phi) is 5.51. The summed E-state index contributed by atoms with van der Waals surface area (Å²) in [6, 6.07) is 6.15. The molecule has 2 rings (SSSR count). The number of carboxylic acid groups (broad SMARTS) is 1. The van der Waals surface area contributed by atoms with Crippen LogP contribution in [-0.4, -0.2) is 30.1 Å². The highest BCUT2D eigenvalue weighted by atomic mass is 79.9. The summed E-state index contributed by atoms with van der Waals surface area (Å²) < 4.78 is 5.07. The van der Waals surface area contributed by atoms with Crippen LogP contribution in [0, 0.1) is 0 Å². The number of halogens is 1. The zero-order valence-electron chi connectivity index (χ0n) is 12.0. The lowest BCUT2D eigenvalue weighted by Crippen LogP contribution is -2.23. The summed E-state index contributed by atoms with van der Waals surface area (Å²) in [7, 11) is 1.27. The minimum Gasteiger partial charge on any atom is -0.477 e. The summed E-state index contributed by atoms with van der Waals surface area (Å²) in [4.78, 5) is 34.8. The van der Waals surface area contributed by atoms with Crippen molar-refractivity contribution < 1.29 is 24.2 Å². The Labute approximate surface area is 144 Å². The fourth-order valence-corrected chi connectivity index (χ4v) is 3.17. The lowest BCUT2D eigenvalue weighted by Gasteiger charge is -2.07. The van der Waals surface area contributed by atoms with Gasteiger partial charge >= 0.3 is 11.9 Å². The summed E-state index contributed by atoms with van der Waals surface area (Å²) in [5, 5.41) is 13.3. The molecule has 8 heteroatoms. The second-order valence-corrected chi connectivity index (χ2v) is 6.22. The Morgan fingerprint density at radius 1 is 1.30 bits per heavy atom. The molecule has 120 valence electrons. The molecule has 2 aromatic rings. The van der Waals surface area contributed by atoms with Crippen molar-refractivity contribution in [2.75, 3.05) is 7.11 Å². The molecule has 0 saturated carbocycles. The maximum atomic E-state index is 12.1. The molecule has 0 bridgehead atoms. The molecule has 23 heavy (non-hydrogen) atoms. The molecule has 1 aromatic carbocycles. The summed E-state index contributed by atoms with van der Waals surface area (Å²) >= 11 is 4.33. The third kappa shape index (κ3) is 3.96. The normalized spacial score (nSPS) is 10.2. The van der Waals surface area contributed by atoms with Crippen LogP contribution < -0.4 is 5.32 Å². The van der Waals surface area contributed by atoms with Crippen LogP contribution in [0.5, 0.6) is 0 Å². The smallest absolute Gasteiger partial charge is 0.346 e. The largest absolute Gasteiger partial charge is 0.477 e. The molecule has 1 heterocycles. The standard InChI is InChI=1S/C15H12BrNO5S/c1-22-15(21)10-3-2-8(6-11(10)16)13(18)17-7-9-4-5-23-12(9)14(19)20/h2-6H,7H2,1H3,(H,17,18)(H,19,20). The summed E-state index contributed by atoms with van der Waals surface area (Å²) in [5.74, 6) is -1.90. The molecule has 0 aliphatic rings. The fraction of sp³-hybridized carbons (Fsp3) is 0.133. The first-order chi connectivity index (χ1) is 10.9. The number of rotatable bonds is 5. The van der Waals surface area contributed by atoms with Crippen LogP contribution in [0.25, 0.3) is 0 Å². The number of hydrogen-bond acceptors (Lipinski definition) is 5. The number of carbonyl (C=O) groups excluding carboxylic acids is 2. The first-order valence-electron chi connectivity index (χ1n) is 6.39. The highest BCUT2D eigenvalue weighted by molar-refractivity contribution is 9.10. The van der Waals surface area contributed by atoms with Crippen LogP contribution in [0.2, 0.25) is 0 Å². The van der Waals surface area contributed by atoms with Gasteiger partial charge in [-0.3, -0.25) is 4.79 Å². The molecular weight excluding hydrogens is 386 g/mol. The Bertz CT molecular complexity index is 771. The number of hydrogen-bond donors (Lipinski definition) is 2. The molecule has 0 radical (unpaired) electrons. The molecule has 0 atom stereocenters. The van der Waals surface area contributed by atoms with Crippen molar-refractivity contribution in [1.29, 1.82) is 0 Å². The first kappa shape index (κ1) is 17.2. The Morgan fingerprint density at radius 3 is 2.65 bits per heavy atom. The summed E-state index contributed by atoms with van der Waals surface area (Å²) in [6.07, 6.45) is 0. The summed E-state index contributed by atoms with van der Waals surface area (Å²) in [6.45, 7) is 0.111. The van der Waals surface area contributed by atoms with Crippen molar-refractivity contribution >= 4 is 45.1 Å². The minimum absolute atomic E-state index is 0.111. The Morgan fingerprint density at radius 2 is 2.04 bits per heavy atom. The van der Waals surface area contributed by atoms with Crippen molar-refractivity contribution in [2.24, 2.45) is 0 Å². The lowest BCUT2D eigenvalue weighted by molar-refractivity contribution is 0.0598. The molecule has 0 saturated heterocycles. The second kappa shape index (κ2) is 7.38. The van der Waals surface area contributed by atoms with Crippen LogP contribution in [0.15, 0.2) is 34.1 Å².